The number of benzene rings is 2. The third kappa shape index (κ3) is 3.39. The summed E-state index contributed by atoms with van der Waals surface area (Å²) in [6.07, 6.45) is 1.67. The quantitative estimate of drug-likeness (QED) is 0.559. The van der Waals surface area contributed by atoms with Gasteiger partial charge in [0, 0.05) is 13.7 Å². The van der Waals surface area contributed by atoms with Gasteiger partial charge in [0.1, 0.15) is 17.9 Å². The number of ether oxygens (including phenoxy) is 2. The van der Waals surface area contributed by atoms with Gasteiger partial charge in [0.2, 0.25) is 5.76 Å². The van der Waals surface area contributed by atoms with Crippen molar-refractivity contribution in [3.05, 3.63) is 87.8 Å². The topological polar surface area (TPSA) is 69.0 Å². The highest BCUT2D eigenvalue weighted by atomic mass is 16.5. The summed E-state index contributed by atoms with van der Waals surface area (Å²) < 4.78 is 16.7. The molecule has 0 fully saturated rings. The summed E-state index contributed by atoms with van der Waals surface area (Å²) in [4.78, 5) is 28.2. The van der Waals surface area contributed by atoms with Crippen LogP contribution in [0.5, 0.6) is 5.75 Å². The molecule has 0 spiro atoms. The number of rotatable bonds is 7. The van der Waals surface area contributed by atoms with Crippen LogP contribution in [0.1, 0.15) is 33.3 Å². The molecule has 0 radical (unpaired) electrons. The summed E-state index contributed by atoms with van der Waals surface area (Å²) in [5.41, 5.74) is 2.37. The molecule has 4 rings (SSSR count). The number of nitrogens with zero attached hydrogens (tertiary/aromatic N) is 1. The maximum Gasteiger partial charge on any atom is 0.290 e. The molecule has 1 aliphatic rings. The number of hydrogen-bond donors (Lipinski definition) is 0. The van der Waals surface area contributed by atoms with E-state index in [-0.39, 0.29) is 17.1 Å². The third-order valence-electron chi connectivity index (χ3n) is 5.22. The van der Waals surface area contributed by atoms with E-state index in [1.54, 1.807) is 30.2 Å². The zero-order valence-corrected chi connectivity index (χ0v) is 17.0. The van der Waals surface area contributed by atoms with Gasteiger partial charge in [0.05, 0.1) is 23.6 Å². The van der Waals surface area contributed by atoms with Crippen LogP contribution in [-0.4, -0.2) is 37.7 Å². The van der Waals surface area contributed by atoms with Crippen molar-refractivity contribution in [2.75, 3.05) is 26.9 Å². The minimum Gasteiger partial charge on any atom is -0.490 e. The predicted molar refractivity (Wildman–Crippen MR) is 114 cm³/mol. The van der Waals surface area contributed by atoms with E-state index in [9.17, 15) is 9.59 Å². The lowest BCUT2D eigenvalue weighted by Gasteiger charge is -2.25. The Hall–Kier alpha value is -3.38. The molecule has 3 aromatic rings. The molecule has 0 saturated heterocycles. The highest BCUT2D eigenvalue weighted by Crippen LogP contribution is 2.38. The fourth-order valence-corrected chi connectivity index (χ4v) is 3.80. The molecule has 6 heteroatoms. The van der Waals surface area contributed by atoms with Gasteiger partial charge in [0.25, 0.3) is 5.91 Å². The molecule has 30 heavy (non-hydrogen) atoms. The largest absolute Gasteiger partial charge is 0.490 e. The monoisotopic (exact) mass is 405 g/mol. The molecule has 0 saturated carbocycles. The average Bonchev–Trinajstić information content (AvgIpc) is 3.03. The van der Waals surface area contributed by atoms with E-state index < -0.39 is 6.04 Å². The van der Waals surface area contributed by atoms with Crippen molar-refractivity contribution in [3.8, 4) is 5.75 Å². The van der Waals surface area contributed by atoms with Crippen LogP contribution in [0.2, 0.25) is 0 Å². The molecule has 0 aliphatic carbocycles. The van der Waals surface area contributed by atoms with Crippen molar-refractivity contribution >= 4 is 16.9 Å². The van der Waals surface area contributed by atoms with E-state index >= 15 is 0 Å². The zero-order chi connectivity index (χ0) is 21.3. The van der Waals surface area contributed by atoms with Crippen molar-refractivity contribution in [2.24, 2.45) is 0 Å². The van der Waals surface area contributed by atoms with E-state index in [1.165, 1.54) is 0 Å². The van der Waals surface area contributed by atoms with Crippen LogP contribution in [0, 0.1) is 6.92 Å². The molecule has 0 bridgehead atoms. The van der Waals surface area contributed by atoms with Crippen LogP contribution in [0.3, 0.4) is 0 Å². The van der Waals surface area contributed by atoms with Crippen LogP contribution >= 0.6 is 0 Å². The summed E-state index contributed by atoms with van der Waals surface area (Å²) in [5, 5.41) is 0.478. The normalized spacial score (nSPS) is 15.5. The van der Waals surface area contributed by atoms with Crippen LogP contribution in [0.4, 0.5) is 0 Å². The second kappa shape index (κ2) is 8.16. The summed E-state index contributed by atoms with van der Waals surface area (Å²) >= 11 is 0. The molecule has 2 heterocycles. The Morgan fingerprint density at radius 2 is 1.93 bits per heavy atom. The van der Waals surface area contributed by atoms with Gasteiger partial charge in [-0.1, -0.05) is 36.4 Å². The fourth-order valence-electron chi connectivity index (χ4n) is 3.80. The van der Waals surface area contributed by atoms with Crippen LogP contribution in [-0.2, 0) is 4.74 Å². The van der Waals surface area contributed by atoms with Crippen molar-refractivity contribution in [1.82, 2.24) is 4.90 Å². The molecule has 1 unspecified atom stereocenters. The number of methoxy groups -OCH3 is 1. The Morgan fingerprint density at radius 3 is 2.63 bits per heavy atom. The van der Waals surface area contributed by atoms with E-state index in [1.807, 2.05) is 37.3 Å². The first kappa shape index (κ1) is 19.9. The molecule has 1 amide bonds. The third-order valence-corrected chi connectivity index (χ3v) is 5.22. The molecule has 2 aromatic carbocycles. The number of amides is 1. The van der Waals surface area contributed by atoms with Crippen molar-refractivity contribution in [2.45, 2.75) is 13.0 Å². The number of fused-ring (bicyclic) bond motifs is 2. The molecular formula is C24H23NO5. The zero-order valence-electron chi connectivity index (χ0n) is 17.0. The summed E-state index contributed by atoms with van der Waals surface area (Å²) in [6.45, 7) is 6.65. The Morgan fingerprint density at radius 1 is 1.17 bits per heavy atom. The van der Waals surface area contributed by atoms with Gasteiger partial charge in [-0.2, -0.15) is 0 Å². The fraction of sp³-hybridized carbons (Fsp3) is 0.250. The van der Waals surface area contributed by atoms with Gasteiger partial charge < -0.3 is 18.8 Å². The van der Waals surface area contributed by atoms with Gasteiger partial charge in [-0.15, -0.1) is 0 Å². The number of hydrogen-bond acceptors (Lipinski definition) is 5. The summed E-state index contributed by atoms with van der Waals surface area (Å²) in [5.74, 6) is 0.482. The average molecular weight is 405 g/mol. The molecule has 1 aliphatic heterocycles. The minimum atomic E-state index is -0.544. The van der Waals surface area contributed by atoms with Gasteiger partial charge >= 0.3 is 0 Å². The maximum atomic E-state index is 13.4. The first-order valence-corrected chi connectivity index (χ1v) is 9.76. The highest BCUT2D eigenvalue weighted by Gasteiger charge is 2.42. The SMILES string of the molecule is C=CCOc1ccc(C2c3c(oc4ccc(C)cc4c3=O)C(=O)N2CCOC)cc1. The predicted octanol–water partition coefficient (Wildman–Crippen LogP) is 3.86. The number of carbonyl (C=O) groups excluding carboxylic acids is 1. The Kier molecular flexibility index (Phi) is 5.42. The summed E-state index contributed by atoms with van der Waals surface area (Å²) in [6, 6.07) is 12.2. The summed E-state index contributed by atoms with van der Waals surface area (Å²) in [7, 11) is 1.58. The number of carbonyl (C=O) groups is 1. The lowest BCUT2D eigenvalue weighted by atomic mass is 9.98. The second-order valence-electron chi connectivity index (χ2n) is 7.24. The molecular weight excluding hydrogens is 382 g/mol. The van der Waals surface area contributed by atoms with E-state index in [4.69, 9.17) is 13.9 Å². The molecule has 0 N–H and O–H groups in total. The van der Waals surface area contributed by atoms with Gasteiger partial charge in [-0.3, -0.25) is 9.59 Å². The molecule has 1 atom stereocenters. The lowest BCUT2D eigenvalue weighted by Crippen LogP contribution is -2.32. The van der Waals surface area contributed by atoms with Gasteiger partial charge in [0.15, 0.2) is 5.43 Å². The Labute approximate surface area is 174 Å². The van der Waals surface area contributed by atoms with Crippen LogP contribution in [0.25, 0.3) is 11.0 Å². The Bertz CT molecular complexity index is 1160. The van der Waals surface area contributed by atoms with Crippen LogP contribution in [0.15, 0.2) is 64.3 Å². The first-order chi connectivity index (χ1) is 14.5. The Balaban J connectivity index is 1.86. The first-order valence-electron chi connectivity index (χ1n) is 9.76. The second-order valence-corrected chi connectivity index (χ2v) is 7.24. The van der Waals surface area contributed by atoms with E-state index in [0.29, 0.717) is 42.0 Å². The minimum absolute atomic E-state index is 0.101. The molecule has 6 nitrogen and oxygen atoms in total. The van der Waals surface area contributed by atoms with E-state index in [2.05, 4.69) is 6.58 Å². The van der Waals surface area contributed by atoms with Crippen molar-refractivity contribution in [3.63, 3.8) is 0 Å². The van der Waals surface area contributed by atoms with Crippen molar-refractivity contribution in [1.29, 1.82) is 0 Å². The van der Waals surface area contributed by atoms with E-state index in [0.717, 1.165) is 11.1 Å². The standard InChI is InChI=1S/C24H23NO5/c1-4-12-29-17-8-6-16(7-9-17)21-20-22(26)18-14-15(2)5-10-19(18)30-23(20)24(27)25(21)11-13-28-3/h4-10,14,21H,1,11-13H2,2-3H3. The smallest absolute Gasteiger partial charge is 0.290 e. The van der Waals surface area contributed by atoms with Gasteiger partial charge in [-0.05, 0) is 36.8 Å². The van der Waals surface area contributed by atoms with Crippen LogP contribution < -0.4 is 10.2 Å². The molecule has 1 aromatic heterocycles. The lowest BCUT2D eigenvalue weighted by molar-refractivity contribution is 0.0663. The molecule has 154 valence electrons. The highest BCUT2D eigenvalue weighted by molar-refractivity contribution is 5.99. The van der Waals surface area contributed by atoms with Gasteiger partial charge in [-0.25, -0.2) is 0 Å². The number of aryl methyl sites for hydroxylation is 1. The van der Waals surface area contributed by atoms with Crippen molar-refractivity contribution < 1.29 is 18.7 Å². The maximum absolute atomic E-state index is 13.4.